The van der Waals surface area contributed by atoms with E-state index in [1.165, 1.54) is 23.9 Å². The van der Waals surface area contributed by atoms with Crippen molar-refractivity contribution < 1.29 is 18.7 Å². The van der Waals surface area contributed by atoms with Crippen molar-refractivity contribution in [2.45, 2.75) is 11.3 Å². The van der Waals surface area contributed by atoms with Crippen LogP contribution in [0, 0.1) is 5.82 Å². The van der Waals surface area contributed by atoms with E-state index in [9.17, 15) is 9.50 Å². The molecule has 0 radical (unpaired) electrons. The number of nitrogens with zero attached hydrogens (tertiary/aromatic N) is 1. The van der Waals surface area contributed by atoms with Gasteiger partial charge in [0.05, 0.1) is 6.10 Å². The second kappa shape index (κ2) is 6.81. The number of hydrogen-bond donors (Lipinski definition) is 1. The van der Waals surface area contributed by atoms with E-state index in [-0.39, 0.29) is 12.4 Å². The molecule has 0 aliphatic heterocycles. The van der Waals surface area contributed by atoms with Crippen molar-refractivity contribution in [2.75, 3.05) is 12.4 Å². The highest BCUT2D eigenvalue weighted by atomic mass is 32.2. The van der Waals surface area contributed by atoms with Crippen LogP contribution < -0.4 is 4.74 Å². The molecule has 0 unspecified atom stereocenters. The van der Waals surface area contributed by atoms with Crippen LogP contribution in [0.25, 0.3) is 11.1 Å². The van der Waals surface area contributed by atoms with Crippen molar-refractivity contribution in [1.82, 2.24) is 4.98 Å². The summed E-state index contributed by atoms with van der Waals surface area (Å²) in [5, 5.41) is 10.4. The number of oxazole rings is 1. The summed E-state index contributed by atoms with van der Waals surface area (Å²) >= 11 is 1.29. The topological polar surface area (TPSA) is 55.5 Å². The summed E-state index contributed by atoms with van der Waals surface area (Å²) in [6.07, 6.45) is -0.750. The first kappa shape index (κ1) is 14.9. The number of fused-ring (bicyclic) bond motifs is 1. The first-order valence-electron chi connectivity index (χ1n) is 6.76. The Hall–Kier alpha value is -2.05. The van der Waals surface area contributed by atoms with Crippen LogP contribution in [-0.2, 0) is 0 Å². The van der Waals surface area contributed by atoms with Gasteiger partial charge >= 0.3 is 0 Å². The lowest BCUT2D eigenvalue weighted by Gasteiger charge is -2.11. The first-order valence-corrected chi connectivity index (χ1v) is 7.75. The zero-order chi connectivity index (χ0) is 15.4. The zero-order valence-electron chi connectivity index (χ0n) is 11.6. The molecule has 3 aromatic rings. The lowest BCUT2D eigenvalue weighted by molar-refractivity contribution is 0.123. The second-order valence-corrected chi connectivity index (χ2v) is 5.63. The van der Waals surface area contributed by atoms with Crippen LogP contribution in [0.4, 0.5) is 4.39 Å². The molecule has 2 aromatic carbocycles. The van der Waals surface area contributed by atoms with Gasteiger partial charge in [0.1, 0.15) is 12.1 Å². The second-order valence-electron chi connectivity index (χ2n) is 4.65. The zero-order valence-corrected chi connectivity index (χ0v) is 12.4. The maximum absolute atomic E-state index is 13.4. The highest BCUT2D eigenvalue weighted by Crippen LogP contribution is 2.24. The molecule has 0 saturated carbocycles. The Kier molecular flexibility index (Phi) is 4.60. The Morgan fingerprint density at radius 3 is 2.77 bits per heavy atom. The molecular weight excluding hydrogens is 305 g/mol. The van der Waals surface area contributed by atoms with Crippen molar-refractivity contribution in [3.05, 3.63) is 54.3 Å². The Bertz CT molecular complexity index is 729. The molecule has 0 aliphatic carbocycles. The van der Waals surface area contributed by atoms with Gasteiger partial charge in [-0.05, 0) is 24.3 Å². The summed E-state index contributed by atoms with van der Waals surface area (Å²) in [6.45, 7) is 0.00810. The van der Waals surface area contributed by atoms with Crippen LogP contribution >= 0.6 is 11.8 Å². The molecule has 0 amide bonds. The fourth-order valence-electron chi connectivity index (χ4n) is 1.88. The molecular formula is C16H14FNO3S. The molecule has 0 fully saturated rings. The monoisotopic (exact) mass is 319 g/mol. The molecule has 3 rings (SSSR count). The SMILES string of the molecule is O[C@H](COc1ccccc1F)CSc1nc2ccccc2o1. The van der Waals surface area contributed by atoms with E-state index in [1.807, 2.05) is 24.3 Å². The Balaban J connectivity index is 1.51. The number of aliphatic hydroxyl groups is 1. The van der Waals surface area contributed by atoms with E-state index in [1.54, 1.807) is 12.1 Å². The molecule has 0 saturated heterocycles. The van der Waals surface area contributed by atoms with Gasteiger partial charge in [0.15, 0.2) is 17.1 Å². The van der Waals surface area contributed by atoms with E-state index < -0.39 is 11.9 Å². The Morgan fingerprint density at radius 1 is 1.18 bits per heavy atom. The maximum atomic E-state index is 13.4. The van der Waals surface area contributed by atoms with Crippen LogP contribution in [0.2, 0.25) is 0 Å². The van der Waals surface area contributed by atoms with Gasteiger partial charge in [0, 0.05) is 5.75 Å². The summed E-state index contributed by atoms with van der Waals surface area (Å²) in [5.74, 6) is 0.0380. The van der Waals surface area contributed by atoms with Crippen LogP contribution in [0.3, 0.4) is 0 Å². The third-order valence-corrected chi connectivity index (χ3v) is 3.91. The van der Waals surface area contributed by atoms with Gasteiger partial charge in [-0.1, -0.05) is 36.0 Å². The van der Waals surface area contributed by atoms with Crippen LogP contribution in [0.1, 0.15) is 0 Å². The standard InChI is InChI=1S/C16H14FNO3S/c17-12-5-1-3-7-14(12)20-9-11(19)10-22-16-18-13-6-2-4-8-15(13)21-16/h1-8,11,19H,9-10H2/t11-/m1/s1. The number of thioether (sulfide) groups is 1. The smallest absolute Gasteiger partial charge is 0.256 e. The number of para-hydroxylation sites is 3. The molecule has 1 heterocycles. The van der Waals surface area contributed by atoms with Crippen molar-refractivity contribution in [2.24, 2.45) is 0 Å². The summed E-state index contributed by atoms with van der Waals surface area (Å²) in [5.41, 5.74) is 1.49. The van der Waals surface area contributed by atoms with E-state index >= 15 is 0 Å². The van der Waals surface area contributed by atoms with Gasteiger partial charge in [-0.25, -0.2) is 9.37 Å². The van der Waals surface area contributed by atoms with E-state index in [0.717, 1.165) is 5.52 Å². The highest BCUT2D eigenvalue weighted by Gasteiger charge is 2.11. The minimum atomic E-state index is -0.750. The van der Waals surface area contributed by atoms with Crippen LogP contribution in [0.15, 0.2) is 58.2 Å². The molecule has 1 aromatic heterocycles. The Morgan fingerprint density at radius 2 is 1.95 bits per heavy atom. The van der Waals surface area contributed by atoms with Gasteiger partial charge in [-0.15, -0.1) is 0 Å². The summed E-state index contributed by atoms with van der Waals surface area (Å²) in [7, 11) is 0. The Labute approximate surface area is 130 Å². The predicted molar refractivity (Wildman–Crippen MR) is 82.6 cm³/mol. The maximum Gasteiger partial charge on any atom is 0.256 e. The van der Waals surface area contributed by atoms with Crippen molar-refractivity contribution >= 4 is 22.9 Å². The number of aromatic nitrogens is 1. The van der Waals surface area contributed by atoms with Gasteiger partial charge < -0.3 is 14.3 Å². The molecule has 0 aliphatic rings. The van der Waals surface area contributed by atoms with E-state index in [2.05, 4.69) is 4.98 Å². The fourth-order valence-corrected chi connectivity index (χ4v) is 2.62. The molecule has 6 heteroatoms. The van der Waals surface area contributed by atoms with Crippen molar-refractivity contribution in [3.63, 3.8) is 0 Å². The summed E-state index contributed by atoms with van der Waals surface area (Å²) in [4.78, 5) is 4.30. The molecule has 0 bridgehead atoms. The van der Waals surface area contributed by atoms with Gasteiger partial charge in [-0.2, -0.15) is 0 Å². The summed E-state index contributed by atoms with van der Waals surface area (Å²) in [6, 6.07) is 13.6. The third-order valence-electron chi connectivity index (χ3n) is 2.94. The average Bonchev–Trinajstić information content (AvgIpc) is 2.95. The molecule has 4 nitrogen and oxygen atoms in total. The predicted octanol–water partition coefficient (Wildman–Crippen LogP) is 3.50. The quantitative estimate of drug-likeness (QED) is 0.705. The van der Waals surface area contributed by atoms with Crippen LogP contribution in [0.5, 0.6) is 5.75 Å². The minimum Gasteiger partial charge on any atom is -0.488 e. The van der Waals surface area contributed by atoms with E-state index in [0.29, 0.717) is 16.6 Å². The number of rotatable bonds is 6. The summed E-state index contributed by atoms with van der Waals surface area (Å²) < 4.78 is 24.2. The number of aliphatic hydroxyl groups excluding tert-OH is 1. The molecule has 22 heavy (non-hydrogen) atoms. The molecule has 0 spiro atoms. The molecule has 1 N–H and O–H groups in total. The number of hydrogen-bond acceptors (Lipinski definition) is 5. The number of halogens is 1. The lowest BCUT2D eigenvalue weighted by atomic mass is 10.3. The lowest BCUT2D eigenvalue weighted by Crippen LogP contribution is -2.20. The number of benzene rings is 2. The molecule has 1 atom stereocenters. The average molecular weight is 319 g/mol. The normalized spacial score (nSPS) is 12.5. The van der Waals surface area contributed by atoms with Crippen molar-refractivity contribution in [3.8, 4) is 5.75 Å². The molecule has 114 valence electrons. The largest absolute Gasteiger partial charge is 0.488 e. The minimum absolute atomic E-state index is 0.00810. The van der Waals surface area contributed by atoms with E-state index in [4.69, 9.17) is 9.15 Å². The van der Waals surface area contributed by atoms with Gasteiger partial charge in [0.2, 0.25) is 0 Å². The highest BCUT2D eigenvalue weighted by molar-refractivity contribution is 7.99. The number of ether oxygens (including phenoxy) is 1. The fraction of sp³-hybridized carbons (Fsp3) is 0.188. The van der Waals surface area contributed by atoms with Gasteiger partial charge in [0.25, 0.3) is 5.22 Å². The van der Waals surface area contributed by atoms with Crippen molar-refractivity contribution in [1.29, 1.82) is 0 Å². The third kappa shape index (κ3) is 3.58. The first-order chi connectivity index (χ1) is 10.7. The van der Waals surface area contributed by atoms with Gasteiger partial charge in [-0.3, -0.25) is 0 Å². The van der Waals surface area contributed by atoms with Crippen LogP contribution in [-0.4, -0.2) is 28.6 Å².